The summed E-state index contributed by atoms with van der Waals surface area (Å²) in [5.74, 6) is -0.345. The van der Waals surface area contributed by atoms with E-state index in [1.54, 1.807) is 6.07 Å². The summed E-state index contributed by atoms with van der Waals surface area (Å²) < 4.78 is 6.48. The molecule has 7 nitrogen and oxygen atoms in total. The highest BCUT2D eigenvalue weighted by atomic mass is 16.6. The minimum Gasteiger partial charge on any atom is -0.481 e. The second-order valence-corrected chi connectivity index (χ2v) is 7.55. The van der Waals surface area contributed by atoms with Crippen molar-refractivity contribution in [3.05, 3.63) is 69.8 Å². The minimum absolute atomic E-state index is 0.000323. The molecule has 2 aliphatic heterocycles. The van der Waals surface area contributed by atoms with Crippen LogP contribution in [0.3, 0.4) is 0 Å². The van der Waals surface area contributed by atoms with Gasteiger partial charge < -0.3 is 14.7 Å². The summed E-state index contributed by atoms with van der Waals surface area (Å²) in [6.07, 6.45) is 3.69. The number of anilines is 1. The van der Waals surface area contributed by atoms with Gasteiger partial charge >= 0.3 is 5.97 Å². The highest BCUT2D eigenvalue weighted by Crippen LogP contribution is 2.55. The summed E-state index contributed by atoms with van der Waals surface area (Å²) in [5.41, 5.74) is 1.23. The Morgan fingerprint density at radius 2 is 2.00 bits per heavy atom. The first-order valence-corrected chi connectivity index (χ1v) is 9.02. The van der Waals surface area contributed by atoms with E-state index in [0.717, 1.165) is 11.3 Å². The first kappa shape index (κ1) is 18.0. The van der Waals surface area contributed by atoms with Gasteiger partial charge in [-0.1, -0.05) is 18.2 Å². The highest BCUT2D eigenvalue weighted by Gasteiger charge is 2.58. The average Bonchev–Trinajstić information content (AvgIpc) is 2.84. The molecule has 28 heavy (non-hydrogen) atoms. The van der Waals surface area contributed by atoms with Gasteiger partial charge in [-0.25, -0.2) is 0 Å². The molecular weight excluding hydrogens is 360 g/mol. The summed E-state index contributed by atoms with van der Waals surface area (Å²) in [7, 11) is 0. The van der Waals surface area contributed by atoms with E-state index in [0.29, 0.717) is 11.3 Å². The van der Waals surface area contributed by atoms with E-state index in [1.165, 1.54) is 12.1 Å². The molecule has 0 amide bonds. The van der Waals surface area contributed by atoms with Crippen LogP contribution in [0.2, 0.25) is 0 Å². The lowest BCUT2D eigenvalue weighted by Gasteiger charge is -2.47. The van der Waals surface area contributed by atoms with Gasteiger partial charge in [-0.15, -0.1) is 0 Å². The Kier molecular flexibility index (Phi) is 3.92. The van der Waals surface area contributed by atoms with Gasteiger partial charge in [-0.2, -0.15) is 0 Å². The van der Waals surface area contributed by atoms with Gasteiger partial charge in [0, 0.05) is 29.9 Å². The van der Waals surface area contributed by atoms with Crippen molar-refractivity contribution in [2.75, 3.05) is 11.4 Å². The van der Waals surface area contributed by atoms with Gasteiger partial charge in [0.15, 0.2) is 0 Å². The smallest absolute Gasteiger partial charge is 0.305 e. The van der Waals surface area contributed by atoms with Crippen LogP contribution >= 0.6 is 0 Å². The molecule has 2 aliphatic rings. The van der Waals surface area contributed by atoms with Gasteiger partial charge in [-0.05, 0) is 43.7 Å². The third-order valence-electron chi connectivity index (χ3n) is 5.67. The number of aliphatic carboxylic acids is 1. The van der Waals surface area contributed by atoms with Crippen LogP contribution in [-0.2, 0) is 10.2 Å². The molecule has 0 bridgehead atoms. The fraction of sp³-hybridized carbons (Fsp3) is 0.286. The van der Waals surface area contributed by atoms with Crippen LogP contribution in [0.4, 0.5) is 11.4 Å². The van der Waals surface area contributed by atoms with Crippen molar-refractivity contribution >= 4 is 23.4 Å². The molecule has 4 rings (SSSR count). The first-order valence-electron chi connectivity index (χ1n) is 9.02. The molecule has 1 N–H and O–H groups in total. The number of hydrogen-bond donors (Lipinski definition) is 1. The number of nitrogens with zero attached hydrogens (tertiary/aromatic N) is 2. The van der Waals surface area contributed by atoms with Gasteiger partial charge in [-0.3, -0.25) is 14.9 Å². The molecular formula is C21H20N2O5. The number of carboxylic acids is 1. The van der Waals surface area contributed by atoms with Crippen molar-refractivity contribution in [2.24, 2.45) is 0 Å². The Hall–Kier alpha value is -3.35. The van der Waals surface area contributed by atoms with Crippen molar-refractivity contribution in [2.45, 2.75) is 31.4 Å². The molecule has 0 unspecified atom stereocenters. The van der Waals surface area contributed by atoms with Crippen LogP contribution in [0.15, 0.2) is 48.5 Å². The average molecular weight is 380 g/mol. The molecule has 0 saturated heterocycles. The number of benzene rings is 2. The van der Waals surface area contributed by atoms with Gasteiger partial charge in [0.2, 0.25) is 5.72 Å². The van der Waals surface area contributed by atoms with Crippen LogP contribution < -0.4 is 9.64 Å². The molecule has 2 aromatic carbocycles. The third-order valence-corrected chi connectivity index (χ3v) is 5.67. The Labute approximate surface area is 162 Å². The number of para-hydroxylation sites is 1. The van der Waals surface area contributed by atoms with Crippen LogP contribution in [0.25, 0.3) is 6.08 Å². The van der Waals surface area contributed by atoms with Crippen LogP contribution in [-0.4, -0.2) is 28.3 Å². The van der Waals surface area contributed by atoms with Gasteiger partial charge in [0.25, 0.3) is 5.69 Å². The molecule has 1 atom stereocenters. The molecule has 7 heteroatoms. The number of nitro benzene ring substituents is 1. The molecule has 2 aromatic rings. The number of rotatable bonds is 4. The van der Waals surface area contributed by atoms with Crippen molar-refractivity contribution in [1.29, 1.82) is 0 Å². The molecule has 0 aromatic heterocycles. The maximum absolute atomic E-state index is 11.3. The number of non-ortho nitro benzene ring substituents is 1. The van der Waals surface area contributed by atoms with E-state index >= 15 is 0 Å². The Bertz CT molecular complexity index is 1010. The molecule has 0 fully saturated rings. The molecule has 0 saturated carbocycles. The zero-order valence-corrected chi connectivity index (χ0v) is 15.6. The lowest BCUT2D eigenvalue weighted by atomic mass is 9.76. The zero-order chi connectivity index (χ0) is 20.1. The fourth-order valence-electron chi connectivity index (χ4n) is 4.20. The van der Waals surface area contributed by atoms with E-state index in [2.05, 4.69) is 13.8 Å². The van der Waals surface area contributed by atoms with E-state index in [4.69, 9.17) is 4.74 Å². The third kappa shape index (κ3) is 2.46. The Morgan fingerprint density at radius 1 is 1.25 bits per heavy atom. The van der Waals surface area contributed by atoms with Crippen molar-refractivity contribution in [1.82, 2.24) is 0 Å². The number of fused-ring (bicyclic) bond motifs is 2. The van der Waals surface area contributed by atoms with Crippen molar-refractivity contribution in [3.63, 3.8) is 0 Å². The second-order valence-electron chi connectivity index (χ2n) is 7.55. The second kappa shape index (κ2) is 6.09. The lowest BCUT2D eigenvalue weighted by Crippen LogP contribution is -2.59. The maximum atomic E-state index is 11.3. The molecule has 2 heterocycles. The number of carbonyl (C=O) groups is 1. The SMILES string of the molecule is CC1(C)c2ccccc2N(CCC(=O)O)[C@@]12C=Cc1cc([N+](=O)[O-])ccc1O2. The van der Waals surface area contributed by atoms with Crippen molar-refractivity contribution in [3.8, 4) is 5.75 Å². The predicted octanol–water partition coefficient (Wildman–Crippen LogP) is 3.97. The van der Waals surface area contributed by atoms with Crippen molar-refractivity contribution < 1.29 is 19.6 Å². The van der Waals surface area contributed by atoms with Gasteiger partial charge in [0.05, 0.1) is 16.8 Å². The summed E-state index contributed by atoms with van der Waals surface area (Å²) in [6, 6.07) is 12.4. The lowest BCUT2D eigenvalue weighted by molar-refractivity contribution is -0.384. The van der Waals surface area contributed by atoms with Crippen LogP contribution in [0.1, 0.15) is 31.4 Å². The number of ether oxygens (including phenoxy) is 1. The summed E-state index contributed by atoms with van der Waals surface area (Å²) in [4.78, 5) is 23.9. The normalized spacial score (nSPS) is 21.1. The topological polar surface area (TPSA) is 92.9 Å². The van der Waals surface area contributed by atoms with E-state index < -0.39 is 22.0 Å². The number of carboxylic acid groups (broad SMARTS) is 1. The maximum Gasteiger partial charge on any atom is 0.305 e. The largest absolute Gasteiger partial charge is 0.481 e. The Balaban J connectivity index is 1.83. The van der Waals surface area contributed by atoms with Gasteiger partial charge in [0.1, 0.15) is 5.75 Å². The van der Waals surface area contributed by atoms with Crippen LogP contribution in [0.5, 0.6) is 5.75 Å². The van der Waals surface area contributed by atoms with Crippen LogP contribution in [0, 0.1) is 10.1 Å². The summed E-state index contributed by atoms with van der Waals surface area (Å²) >= 11 is 0. The fourth-order valence-corrected chi connectivity index (χ4v) is 4.20. The highest BCUT2D eigenvalue weighted by molar-refractivity contribution is 5.74. The summed E-state index contributed by atoms with van der Waals surface area (Å²) in [6.45, 7) is 4.41. The molecule has 144 valence electrons. The quantitative estimate of drug-likeness (QED) is 0.637. The number of nitro groups is 1. The standard InChI is InChI=1S/C21H20N2O5/c1-20(2)16-5-3-4-6-17(16)22(12-10-19(24)25)21(20)11-9-14-13-15(23(26)27)7-8-18(14)28-21/h3-9,11,13H,10,12H2,1-2H3,(H,24,25)/t21-/m1/s1. The molecule has 0 aliphatic carbocycles. The zero-order valence-electron chi connectivity index (χ0n) is 15.6. The minimum atomic E-state index is -0.921. The Morgan fingerprint density at radius 3 is 2.71 bits per heavy atom. The summed E-state index contributed by atoms with van der Waals surface area (Å²) in [5, 5.41) is 20.3. The van der Waals surface area contributed by atoms with E-state index in [1.807, 2.05) is 41.3 Å². The monoisotopic (exact) mass is 380 g/mol. The number of hydrogen-bond acceptors (Lipinski definition) is 5. The molecule has 0 radical (unpaired) electrons. The predicted molar refractivity (Wildman–Crippen MR) is 105 cm³/mol. The first-order chi connectivity index (χ1) is 13.3. The van der Waals surface area contributed by atoms with E-state index in [-0.39, 0.29) is 18.7 Å². The molecule has 1 spiro atoms. The van der Waals surface area contributed by atoms with E-state index in [9.17, 15) is 20.0 Å².